The van der Waals surface area contributed by atoms with E-state index in [0.717, 1.165) is 16.3 Å². The van der Waals surface area contributed by atoms with Gasteiger partial charge in [-0.05, 0) is 17.7 Å². The zero-order valence-corrected chi connectivity index (χ0v) is 12.8. The van der Waals surface area contributed by atoms with Crippen LogP contribution in [0.2, 0.25) is 0 Å². The molecule has 2 rings (SSSR count). The van der Waals surface area contributed by atoms with Crippen LogP contribution >= 0.6 is 34.5 Å². The number of halogens is 2. The summed E-state index contributed by atoms with van der Waals surface area (Å²) >= 11 is 12.2. The van der Waals surface area contributed by atoms with E-state index in [1.165, 1.54) is 11.3 Å². The average Bonchev–Trinajstić information content (AvgIpc) is 2.86. The molecule has 0 saturated heterocycles. The summed E-state index contributed by atoms with van der Waals surface area (Å²) in [5.74, 6) is 0.287. The summed E-state index contributed by atoms with van der Waals surface area (Å²) in [5, 5.41) is 11.5. The van der Waals surface area contributed by atoms with Crippen molar-refractivity contribution in [2.45, 2.75) is 11.3 Å². The summed E-state index contributed by atoms with van der Waals surface area (Å²) < 4.78 is 5.09. The van der Waals surface area contributed by atoms with Crippen molar-refractivity contribution in [2.24, 2.45) is 0 Å². The molecule has 8 heteroatoms. The molecule has 1 N–H and O–H groups in total. The number of rotatable bonds is 5. The van der Waals surface area contributed by atoms with Crippen LogP contribution in [0.1, 0.15) is 10.6 Å². The van der Waals surface area contributed by atoms with Crippen LogP contribution in [0, 0.1) is 0 Å². The van der Waals surface area contributed by atoms with Crippen LogP contribution in [0.15, 0.2) is 24.3 Å². The van der Waals surface area contributed by atoms with E-state index in [9.17, 15) is 4.79 Å². The van der Waals surface area contributed by atoms with E-state index in [4.69, 9.17) is 27.9 Å². The molecule has 1 aromatic heterocycles. The van der Waals surface area contributed by atoms with Crippen molar-refractivity contribution in [3.63, 3.8) is 0 Å². The lowest BCUT2D eigenvalue weighted by atomic mass is 10.1. The van der Waals surface area contributed by atoms with E-state index in [2.05, 4.69) is 15.5 Å². The Bertz CT molecular complexity index is 587. The third-order valence-electron chi connectivity index (χ3n) is 2.41. The fourth-order valence-electron chi connectivity index (χ4n) is 1.45. The van der Waals surface area contributed by atoms with Crippen LogP contribution < -0.4 is 10.1 Å². The average molecular weight is 332 g/mol. The molecule has 0 fully saturated rings. The van der Waals surface area contributed by atoms with Gasteiger partial charge in [0.15, 0.2) is 4.84 Å². The van der Waals surface area contributed by atoms with Crippen molar-refractivity contribution in [3.05, 3.63) is 34.8 Å². The van der Waals surface area contributed by atoms with Gasteiger partial charge < -0.3 is 4.74 Å². The molecule has 0 saturated carbocycles. The zero-order chi connectivity index (χ0) is 14.5. The lowest BCUT2D eigenvalue weighted by Gasteiger charge is -2.01. The van der Waals surface area contributed by atoms with Crippen LogP contribution in [0.25, 0.3) is 0 Å². The van der Waals surface area contributed by atoms with Gasteiger partial charge >= 0.3 is 0 Å². The van der Waals surface area contributed by atoms with E-state index in [1.54, 1.807) is 7.11 Å². The molecule has 1 amide bonds. The lowest BCUT2D eigenvalue weighted by molar-refractivity contribution is -0.114. The summed E-state index contributed by atoms with van der Waals surface area (Å²) in [6.07, 6.45) is 0.628. The summed E-state index contributed by atoms with van der Waals surface area (Å²) in [4.78, 5) is 10.2. The Morgan fingerprint density at radius 2 is 2.05 bits per heavy atom. The highest BCUT2D eigenvalue weighted by Crippen LogP contribution is 2.20. The van der Waals surface area contributed by atoms with Crippen LogP contribution in [-0.4, -0.2) is 28.1 Å². The summed E-state index contributed by atoms with van der Waals surface area (Å²) in [6, 6.07) is 7.66. The molecule has 20 heavy (non-hydrogen) atoms. The topological polar surface area (TPSA) is 64.1 Å². The minimum Gasteiger partial charge on any atom is -0.497 e. The van der Waals surface area contributed by atoms with E-state index in [0.29, 0.717) is 11.6 Å². The number of carbonyl (C=O) groups excluding carboxylic acids is 1. The quantitative estimate of drug-likeness (QED) is 0.855. The first-order valence-electron chi connectivity index (χ1n) is 5.63. The number of amides is 1. The summed E-state index contributed by atoms with van der Waals surface area (Å²) in [5.41, 5.74) is 1.08. The van der Waals surface area contributed by atoms with E-state index in [-0.39, 0.29) is 0 Å². The van der Waals surface area contributed by atoms with E-state index >= 15 is 0 Å². The van der Waals surface area contributed by atoms with Gasteiger partial charge in [-0.1, -0.05) is 46.7 Å². The third-order valence-corrected chi connectivity index (χ3v) is 3.64. The molecule has 0 aliphatic rings. The molecular weight excluding hydrogens is 321 g/mol. The second-order valence-electron chi connectivity index (χ2n) is 3.82. The van der Waals surface area contributed by atoms with Crippen LogP contribution in [0.3, 0.4) is 0 Å². The standard InChI is InChI=1S/C12H11Cl2N3O2S/c1-19-8-4-2-7(3-5-8)6-9-16-17-12(20-9)15-11(18)10(13)14/h2-5,10H,6H2,1H3,(H,15,17,18). The van der Waals surface area contributed by atoms with Gasteiger partial charge in [-0.3, -0.25) is 10.1 Å². The summed E-state index contributed by atoms with van der Waals surface area (Å²) in [6.45, 7) is 0. The SMILES string of the molecule is COc1ccc(Cc2nnc(NC(=O)C(Cl)Cl)s2)cc1. The maximum absolute atomic E-state index is 11.3. The molecule has 1 aromatic carbocycles. The highest BCUT2D eigenvalue weighted by molar-refractivity contribution is 7.15. The first-order valence-corrected chi connectivity index (χ1v) is 7.31. The van der Waals surface area contributed by atoms with Crippen molar-refractivity contribution >= 4 is 45.6 Å². The van der Waals surface area contributed by atoms with Gasteiger partial charge in [0.25, 0.3) is 5.91 Å². The highest BCUT2D eigenvalue weighted by atomic mass is 35.5. The number of nitrogens with one attached hydrogen (secondary N) is 1. The predicted octanol–water partition coefficient (Wildman–Crippen LogP) is 2.88. The molecule has 0 aliphatic carbocycles. The molecule has 2 aromatic rings. The molecule has 1 heterocycles. The second kappa shape index (κ2) is 6.88. The fraction of sp³-hybridized carbons (Fsp3) is 0.250. The van der Waals surface area contributed by atoms with Crippen molar-refractivity contribution in [1.29, 1.82) is 0 Å². The maximum atomic E-state index is 11.3. The van der Waals surface area contributed by atoms with Gasteiger partial charge in [0.1, 0.15) is 10.8 Å². The minimum absolute atomic E-state index is 0.379. The Balaban J connectivity index is 1.99. The van der Waals surface area contributed by atoms with Gasteiger partial charge in [0.2, 0.25) is 5.13 Å². The molecule has 0 radical (unpaired) electrons. The van der Waals surface area contributed by atoms with Crippen molar-refractivity contribution in [3.8, 4) is 5.75 Å². The molecule has 106 valence electrons. The number of hydrogen-bond donors (Lipinski definition) is 1. The third kappa shape index (κ3) is 4.06. The Kier molecular flexibility index (Phi) is 5.17. The maximum Gasteiger partial charge on any atom is 0.259 e. The number of nitrogens with zero attached hydrogens (tertiary/aromatic N) is 2. The molecule has 0 aliphatic heterocycles. The van der Waals surface area contributed by atoms with Crippen LogP contribution in [0.5, 0.6) is 5.75 Å². The minimum atomic E-state index is -1.12. The molecule has 0 spiro atoms. The first kappa shape index (κ1) is 15.0. The van der Waals surface area contributed by atoms with Crippen molar-refractivity contribution in [1.82, 2.24) is 10.2 Å². The number of methoxy groups -OCH3 is 1. The largest absolute Gasteiger partial charge is 0.497 e. The predicted molar refractivity (Wildman–Crippen MR) is 79.8 cm³/mol. The number of benzene rings is 1. The number of alkyl halides is 2. The van der Waals surface area contributed by atoms with E-state index < -0.39 is 10.7 Å². The molecule has 0 unspecified atom stereocenters. The zero-order valence-electron chi connectivity index (χ0n) is 10.5. The molecule has 0 bridgehead atoms. The monoisotopic (exact) mass is 331 g/mol. The van der Waals surface area contributed by atoms with Crippen molar-refractivity contribution < 1.29 is 9.53 Å². The van der Waals surface area contributed by atoms with Gasteiger partial charge in [-0.2, -0.15) is 0 Å². The molecule has 0 atom stereocenters. The Morgan fingerprint density at radius 1 is 1.35 bits per heavy atom. The van der Waals surface area contributed by atoms with Crippen LogP contribution in [0.4, 0.5) is 5.13 Å². The number of ether oxygens (including phenoxy) is 1. The normalized spacial score (nSPS) is 10.6. The number of hydrogen-bond acceptors (Lipinski definition) is 5. The van der Waals surface area contributed by atoms with Crippen molar-refractivity contribution in [2.75, 3.05) is 12.4 Å². The smallest absolute Gasteiger partial charge is 0.259 e. The molecule has 5 nitrogen and oxygen atoms in total. The van der Waals surface area contributed by atoms with Gasteiger partial charge in [-0.25, -0.2) is 0 Å². The number of carbonyl (C=O) groups is 1. The lowest BCUT2D eigenvalue weighted by Crippen LogP contribution is -2.18. The highest BCUT2D eigenvalue weighted by Gasteiger charge is 2.14. The Hall–Kier alpha value is -1.37. The summed E-state index contributed by atoms with van der Waals surface area (Å²) in [7, 11) is 1.62. The Labute approximate surface area is 129 Å². The fourth-order valence-corrected chi connectivity index (χ4v) is 2.34. The number of aromatic nitrogens is 2. The molecular formula is C12H11Cl2N3O2S. The van der Waals surface area contributed by atoms with Crippen LogP contribution in [-0.2, 0) is 11.2 Å². The number of anilines is 1. The first-order chi connectivity index (χ1) is 9.58. The van der Waals surface area contributed by atoms with Gasteiger partial charge in [0.05, 0.1) is 7.11 Å². The van der Waals surface area contributed by atoms with Gasteiger partial charge in [0, 0.05) is 6.42 Å². The second-order valence-corrected chi connectivity index (χ2v) is 5.97. The Morgan fingerprint density at radius 3 is 2.65 bits per heavy atom. The van der Waals surface area contributed by atoms with E-state index in [1.807, 2.05) is 24.3 Å². The van der Waals surface area contributed by atoms with Gasteiger partial charge in [-0.15, -0.1) is 10.2 Å².